The summed E-state index contributed by atoms with van der Waals surface area (Å²) in [6, 6.07) is 12.3. The van der Waals surface area contributed by atoms with Gasteiger partial charge in [-0.2, -0.15) is 0 Å². The Balaban J connectivity index is 1.86. The summed E-state index contributed by atoms with van der Waals surface area (Å²) < 4.78 is 21.0. The van der Waals surface area contributed by atoms with Crippen LogP contribution in [0.25, 0.3) is 5.52 Å². The number of hydrogen-bond donors (Lipinski definition) is 1. The summed E-state index contributed by atoms with van der Waals surface area (Å²) in [7, 11) is 3.63. The van der Waals surface area contributed by atoms with Crippen LogP contribution in [0.3, 0.4) is 0 Å². The molecule has 0 saturated carbocycles. The van der Waals surface area contributed by atoms with Gasteiger partial charge in [0.1, 0.15) is 11.6 Å². The lowest BCUT2D eigenvalue weighted by Crippen LogP contribution is -2.23. The third kappa shape index (κ3) is 3.70. The number of fused-ring (bicyclic) bond motifs is 1. The molecule has 0 aliphatic heterocycles. The Morgan fingerprint density at radius 1 is 1.23 bits per heavy atom. The number of aromatic nitrogens is 1. The van der Waals surface area contributed by atoms with Crippen molar-refractivity contribution in [3.8, 4) is 0 Å². The van der Waals surface area contributed by atoms with E-state index in [4.69, 9.17) is 4.74 Å². The molecule has 1 N–H and O–H groups in total. The second kappa shape index (κ2) is 7.58. The van der Waals surface area contributed by atoms with Crippen molar-refractivity contribution in [1.29, 1.82) is 0 Å². The molecule has 1 amide bonds. The molecule has 2 aromatic heterocycles. The van der Waals surface area contributed by atoms with E-state index in [9.17, 15) is 9.18 Å². The standard InChI is InChI=1S/C20H22FN3O2/c1-14-4-8-18(17(21)12-14)22-20(25)15-5-6-16-7-9-19(24(16)13-15)23(2)10-11-26-3/h4-9,12-13H,10-11H2,1-3H3,(H,22,25). The molecule has 0 unspecified atom stereocenters. The molecular formula is C20H22FN3O2. The van der Waals surface area contributed by atoms with Crippen molar-refractivity contribution >= 4 is 22.9 Å². The Morgan fingerprint density at radius 3 is 2.73 bits per heavy atom. The number of halogens is 1. The van der Waals surface area contributed by atoms with Crippen LogP contribution in [0.5, 0.6) is 0 Å². The molecule has 0 saturated heterocycles. The maximum Gasteiger partial charge on any atom is 0.257 e. The van der Waals surface area contributed by atoms with Gasteiger partial charge >= 0.3 is 0 Å². The molecule has 0 atom stereocenters. The highest BCUT2D eigenvalue weighted by atomic mass is 19.1. The molecule has 26 heavy (non-hydrogen) atoms. The summed E-state index contributed by atoms with van der Waals surface area (Å²) >= 11 is 0. The van der Waals surface area contributed by atoms with Crippen LogP contribution in [0.2, 0.25) is 0 Å². The first-order chi connectivity index (χ1) is 12.5. The molecule has 0 radical (unpaired) electrons. The van der Waals surface area contributed by atoms with Gasteiger partial charge in [-0.15, -0.1) is 0 Å². The zero-order valence-corrected chi connectivity index (χ0v) is 15.1. The average Bonchev–Trinajstić information content (AvgIpc) is 3.05. The number of rotatable bonds is 6. The largest absolute Gasteiger partial charge is 0.383 e. The summed E-state index contributed by atoms with van der Waals surface area (Å²) in [5.41, 5.74) is 2.40. The van der Waals surface area contributed by atoms with Gasteiger partial charge in [0, 0.05) is 32.4 Å². The first-order valence-electron chi connectivity index (χ1n) is 8.38. The number of aryl methyl sites for hydroxylation is 1. The molecule has 5 nitrogen and oxygen atoms in total. The van der Waals surface area contributed by atoms with Gasteiger partial charge < -0.3 is 19.4 Å². The Labute approximate surface area is 152 Å². The van der Waals surface area contributed by atoms with E-state index in [1.54, 1.807) is 38.4 Å². The normalized spacial score (nSPS) is 10.9. The topological polar surface area (TPSA) is 46.0 Å². The maximum atomic E-state index is 14.0. The molecule has 0 fully saturated rings. The Hall–Kier alpha value is -2.86. The molecule has 0 aliphatic rings. The summed E-state index contributed by atoms with van der Waals surface area (Å²) in [6.45, 7) is 3.14. The number of carbonyl (C=O) groups is 1. The molecule has 0 bridgehead atoms. The zero-order valence-electron chi connectivity index (χ0n) is 15.1. The van der Waals surface area contributed by atoms with E-state index >= 15 is 0 Å². The Morgan fingerprint density at radius 2 is 2.00 bits per heavy atom. The van der Waals surface area contributed by atoms with Crippen molar-refractivity contribution in [2.24, 2.45) is 0 Å². The lowest BCUT2D eigenvalue weighted by molar-refractivity contribution is 0.102. The molecular weight excluding hydrogens is 333 g/mol. The van der Waals surface area contributed by atoms with Crippen molar-refractivity contribution in [2.75, 3.05) is 37.5 Å². The van der Waals surface area contributed by atoms with Gasteiger partial charge in [-0.25, -0.2) is 4.39 Å². The number of anilines is 2. The minimum atomic E-state index is -0.444. The number of nitrogens with one attached hydrogen (secondary N) is 1. The number of methoxy groups -OCH3 is 1. The number of pyridine rings is 1. The van der Waals surface area contributed by atoms with Gasteiger partial charge in [-0.05, 0) is 48.9 Å². The summed E-state index contributed by atoms with van der Waals surface area (Å²) in [5.74, 6) is 0.155. The van der Waals surface area contributed by atoms with E-state index in [2.05, 4.69) is 10.2 Å². The fourth-order valence-electron chi connectivity index (χ4n) is 2.79. The predicted molar refractivity (Wildman–Crippen MR) is 102 cm³/mol. The third-order valence-electron chi connectivity index (χ3n) is 4.29. The van der Waals surface area contributed by atoms with Gasteiger partial charge in [-0.1, -0.05) is 6.07 Å². The summed E-state index contributed by atoms with van der Waals surface area (Å²) in [6.07, 6.45) is 1.76. The number of carbonyl (C=O) groups excluding carboxylic acids is 1. The number of ether oxygens (including phenoxy) is 1. The van der Waals surface area contributed by atoms with E-state index in [0.717, 1.165) is 23.4 Å². The molecule has 6 heteroatoms. The highest BCUT2D eigenvalue weighted by Crippen LogP contribution is 2.21. The second-order valence-corrected chi connectivity index (χ2v) is 6.26. The number of benzene rings is 1. The lowest BCUT2D eigenvalue weighted by atomic mass is 10.2. The molecule has 2 heterocycles. The molecule has 136 valence electrons. The van der Waals surface area contributed by atoms with Crippen LogP contribution < -0.4 is 10.2 Å². The van der Waals surface area contributed by atoms with Crippen molar-refractivity contribution in [3.05, 3.63) is 65.6 Å². The van der Waals surface area contributed by atoms with E-state index in [1.807, 2.05) is 29.6 Å². The van der Waals surface area contributed by atoms with E-state index in [-0.39, 0.29) is 11.6 Å². The smallest absolute Gasteiger partial charge is 0.257 e. The first-order valence-corrected chi connectivity index (χ1v) is 8.38. The summed E-state index contributed by atoms with van der Waals surface area (Å²) in [4.78, 5) is 14.6. The quantitative estimate of drug-likeness (QED) is 0.733. The van der Waals surface area contributed by atoms with Crippen molar-refractivity contribution in [3.63, 3.8) is 0 Å². The third-order valence-corrected chi connectivity index (χ3v) is 4.29. The van der Waals surface area contributed by atoms with Crippen LogP contribution in [0.1, 0.15) is 15.9 Å². The van der Waals surface area contributed by atoms with Crippen molar-refractivity contribution in [2.45, 2.75) is 6.92 Å². The van der Waals surface area contributed by atoms with Crippen LogP contribution in [-0.4, -0.2) is 37.6 Å². The Bertz CT molecular complexity index is 936. The molecule has 3 rings (SSSR count). The highest BCUT2D eigenvalue weighted by Gasteiger charge is 2.12. The van der Waals surface area contributed by atoms with Gasteiger partial charge in [0.05, 0.1) is 17.9 Å². The van der Waals surface area contributed by atoms with Crippen molar-refractivity contribution < 1.29 is 13.9 Å². The maximum absolute atomic E-state index is 14.0. The molecule has 1 aromatic carbocycles. The van der Waals surface area contributed by atoms with Crippen LogP contribution in [0.4, 0.5) is 15.9 Å². The van der Waals surface area contributed by atoms with E-state index in [1.165, 1.54) is 6.07 Å². The van der Waals surface area contributed by atoms with Gasteiger partial charge in [-0.3, -0.25) is 4.79 Å². The van der Waals surface area contributed by atoms with Crippen LogP contribution in [0, 0.1) is 12.7 Å². The monoisotopic (exact) mass is 355 g/mol. The van der Waals surface area contributed by atoms with E-state index < -0.39 is 5.82 Å². The van der Waals surface area contributed by atoms with Crippen LogP contribution in [0.15, 0.2) is 48.7 Å². The van der Waals surface area contributed by atoms with Gasteiger partial charge in [0.25, 0.3) is 5.91 Å². The van der Waals surface area contributed by atoms with Crippen LogP contribution in [-0.2, 0) is 4.74 Å². The fraction of sp³-hybridized carbons (Fsp3) is 0.250. The highest BCUT2D eigenvalue weighted by molar-refractivity contribution is 6.04. The number of nitrogens with zero attached hydrogens (tertiary/aromatic N) is 2. The second-order valence-electron chi connectivity index (χ2n) is 6.26. The SMILES string of the molecule is COCCN(C)c1ccc2ccc(C(=O)Nc3ccc(C)cc3F)cn12. The minimum Gasteiger partial charge on any atom is -0.383 e. The zero-order chi connectivity index (χ0) is 18.7. The Kier molecular flexibility index (Phi) is 5.23. The molecule has 3 aromatic rings. The molecule has 0 spiro atoms. The van der Waals surface area contributed by atoms with Crippen molar-refractivity contribution in [1.82, 2.24) is 4.40 Å². The average molecular weight is 355 g/mol. The summed E-state index contributed by atoms with van der Waals surface area (Å²) in [5, 5.41) is 2.63. The first kappa shape index (κ1) is 17.9. The number of likely N-dealkylation sites (N-methyl/N-ethyl adjacent to an activating group) is 1. The van der Waals surface area contributed by atoms with Crippen LogP contribution >= 0.6 is 0 Å². The van der Waals surface area contributed by atoms with E-state index in [0.29, 0.717) is 12.2 Å². The minimum absolute atomic E-state index is 0.172. The predicted octanol–water partition coefficient (Wildman–Crippen LogP) is 3.72. The fourth-order valence-corrected chi connectivity index (χ4v) is 2.79. The number of hydrogen-bond acceptors (Lipinski definition) is 3. The lowest BCUT2D eigenvalue weighted by Gasteiger charge is -2.19. The molecule has 0 aliphatic carbocycles. The van der Waals surface area contributed by atoms with Gasteiger partial charge in [0.15, 0.2) is 0 Å². The number of amides is 1. The van der Waals surface area contributed by atoms with Gasteiger partial charge in [0.2, 0.25) is 0 Å².